The molecule has 0 unspecified atom stereocenters. The Bertz CT molecular complexity index is 599. The predicted molar refractivity (Wildman–Crippen MR) is 104 cm³/mol. The number of hydrogen-bond acceptors (Lipinski definition) is 4. The Labute approximate surface area is 152 Å². The van der Waals surface area contributed by atoms with Crippen molar-refractivity contribution in [3.05, 3.63) is 40.9 Å². The third kappa shape index (κ3) is 5.17. The molecule has 0 bridgehead atoms. The maximum atomic E-state index is 9.78. The maximum Gasteiger partial charge on any atom is 0.492 e. The van der Waals surface area contributed by atoms with E-state index in [1.54, 1.807) is 0 Å². The van der Waals surface area contributed by atoms with Crippen LogP contribution in [0.2, 0.25) is 0 Å². The Hall–Kier alpha value is -1.14. The molecule has 1 aliphatic rings. The van der Waals surface area contributed by atoms with Crippen molar-refractivity contribution in [3.63, 3.8) is 0 Å². The predicted octanol–water partition coefficient (Wildman–Crippen LogP) is 3.58. The summed E-state index contributed by atoms with van der Waals surface area (Å²) in [6.45, 7) is 15.3. The maximum absolute atomic E-state index is 9.78. The van der Waals surface area contributed by atoms with Crippen LogP contribution in [-0.2, 0) is 15.9 Å². The van der Waals surface area contributed by atoms with Gasteiger partial charge in [-0.15, -0.1) is 0 Å². The van der Waals surface area contributed by atoms with Crippen LogP contribution in [0.15, 0.2) is 29.7 Å². The minimum atomic E-state index is -0.516. The molecular weight excluding hydrogens is 313 g/mol. The Kier molecular flexibility index (Phi) is 5.84. The molecule has 5 heteroatoms. The van der Waals surface area contributed by atoms with E-state index in [0.29, 0.717) is 0 Å². The van der Waals surface area contributed by atoms with Crippen LogP contribution >= 0.6 is 0 Å². The summed E-state index contributed by atoms with van der Waals surface area (Å²) >= 11 is 0. The van der Waals surface area contributed by atoms with E-state index >= 15 is 0 Å². The van der Waals surface area contributed by atoms with Crippen molar-refractivity contribution < 1.29 is 14.4 Å². The highest BCUT2D eigenvalue weighted by molar-refractivity contribution is 6.55. The van der Waals surface area contributed by atoms with Gasteiger partial charge in [0.25, 0.3) is 0 Å². The second kappa shape index (κ2) is 7.24. The molecule has 0 aromatic heterocycles. The van der Waals surface area contributed by atoms with Crippen LogP contribution in [0.1, 0.15) is 59.6 Å². The van der Waals surface area contributed by atoms with E-state index < -0.39 is 18.3 Å². The van der Waals surface area contributed by atoms with Crippen molar-refractivity contribution >= 4 is 13.2 Å². The first-order chi connectivity index (χ1) is 11.4. The Morgan fingerprint density at radius 1 is 1.08 bits per heavy atom. The smallest absolute Gasteiger partial charge is 0.400 e. The van der Waals surface area contributed by atoms with E-state index in [-0.39, 0.29) is 12.1 Å². The lowest BCUT2D eigenvalue weighted by atomic mass is 9.77. The summed E-state index contributed by atoms with van der Waals surface area (Å²) in [4.78, 5) is 0. The Morgan fingerprint density at radius 3 is 2.04 bits per heavy atom. The molecule has 1 aromatic carbocycles. The molecule has 4 nitrogen and oxygen atoms in total. The average molecular weight is 345 g/mol. The van der Waals surface area contributed by atoms with Crippen molar-refractivity contribution in [1.82, 2.24) is 5.32 Å². The van der Waals surface area contributed by atoms with Crippen molar-refractivity contribution in [1.29, 1.82) is 0 Å². The molecule has 0 amide bonds. The molecule has 1 saturated heterocycles. The second-order valence-corrected chi connectivity index (χ2v) is 8.81. The molecule has 0 atom stereocenters. The van der Waals surface area contributed by atoms with E-state index in [2.05, 4.69) is 50.4 Å². The van der Waals surface area contributed by atoms with Gasteiger partial charge in [0.2, 0.25) is 0 Å². The zero-order chi connectivity index (χ0) is 18.9. The molecule has 2 rings (SSSR count). The summed E-state index contributed by atoms with van der Waals surface area (Å²) in [7, 11) is -0.516. The first-order valence-corrected chi connectivity index (χ1v) is 8.94. The molecule has 1 fully saturated rings. The minimum Gasteiger partial charge on any atom is -0.400 e. The zero-order valence-corrected chi connectivity index (χ0v) is 16.6. The van der Waals surface area contributed by atoms with Crippen molar-refractivity contribution in [3.8, 4) is 0 Å². The van der Waals surface area contributed by atoms with Gasteiger partial charge in [-0.3, -0.25) is 0 Å². The molecule has 2 N–H and O–H groups in total. The van der Waals surface area contributed by atoms with E-state index in [9.17, 15) is 5.11 Å². The fourth-order valence-corrected chi connectivity index (χ4v) is 2.50. The van der Waals surface area contributed by atoms with Gasteiger partial charge in [0, 0.05) is 12.1 Å². The summed E-state index contributed by atoms with van der Waals surface area (Å²) in [6, 6.07) is 8.31. The summed E-state index contributed by atoms with van der Waals surface area (Å²) in [5, 5.41) is 13.3. The fourth-order valence-electron chi connectivity index (χ4n) is 2.50. The quantitative estimate of drug-likeness (QED) is 0.801. The highest BCUT2D eigenvalue weighted by Gasteiger charge is 2.52. The van der Waals surface area contributed by atoms with Gasteiger partial charge >= 0.3 is 7.12 Å². The third-order valence-corrected chi connectivity index (χ3v) is 4.89. The van der Waals surface area contributed by atoms with Crippen LogP contribution in [0.5, 0.6) is 0 Å². The highest BCUT2D eigenvalue weighted by Crippen LogP contribution is 2.38. The molecule has 1 aliphatic heterocycles. The van der Waals surface area contributed by atoms with E-state index in [1.807, 2.05) is 33.8 Å². The van der Waals surface area contributed by atoms with Crippen molar-refractivity contribution in [2.24, 2.45) is 0 Å². The van der Waals surface area contributed by atoms with Crippen LogP contribution < -0.4 is 5.32 Å². The van der Waals surface area contributed by atoms with Gasteiger partial charge < -0.3 is 19.7 Å². The summed E-state index contributed by atoms with van der Waals surface area (Å²) in [5.41, 5.74) is 2.27. The van der Waals surface area contributed by atoms with Crippen LogP contribution in [0, 0.1) is 0 Å². The molecule has 138 valence electrons. The summed E-state index contributed by atoms with van der Waals surface area (Å²) in [5.74, 6) is 0. The van der Waals surface area contributed by atoms with Crippen molar-refractivity contribution in [2.75, 3.05) is 6.61 Å². The number of benzene rings is 1. The number of nitrogens with one attached hydrogen (secondary N) is 1. The lowest BCUT2D eigenvalue weighted by Crippen LogP contribution is -2.41. The standard InChI is InChI=1S/C20H32BNO3/c1-18(2,3)22-13-16-10-8-15(9-11-16)12-17(14-23)21-24-19(4,5)20(6,7)25-21/h8-12,22-23H,13-14H2,1-7H3. The lowest BCUT2D eigenvalue weighted by Gasteiger charge is -2.32. The number of rotatable bonds is 5. The molecule has 0 radical (unpaired) electrons. The normalized spacial score (nSPS) is 20.2. The van der Waals surface area contributed by atoms with E-state index in [4.69, 9.17) is 9.31 Å². The molecule has 0 spiro atoms. The minimum absolute atomic E-state index is 0.0931. The van der Waals surface area contributed by atoms with Gasteiger partial charge in [-0.25, -0.2) is 0 Å². The molecule has 0 saturated carbocycles. The molecular formula is C20H32BNO3. The second-order valence-electron chi connectivity index (χ2n) is 8.81. The first-order valence-electron chi connectivity index (χ1n) is 8.94. The Balaban J connectivity index is 2.10. The largest absolute Gasteiger partial charge is 0.492 e. The first kappa shape index (κ1) is 20.2. The van der Waals surface area contributed by atoms with Crippen LogP contribution in [0.3, 0.4) is 0 Å². The van der Waals surface area contributed by atoms with Gasteiger partial charge in [0.1, 0.15) is 0 Å². The van der Waals surface area contributed by atoms with Gasteiger partial charge in [0.05, 0.1) is 17.8 Å². The summed E-state index contributed by atoms with van der Waals surface area (Å²) in [6.07, 6.45) is 1.95. The number of aliphatic hydroxyl groups is 1. The van der Waals surface area contributed by atoms with Gasteiger partial charge in [-0.1, -0.05) is 30.3 Å². The van der Waals surface area contributed by atoms with Crippen molar-refractivity contribution in [2.45, 2.75) is 71.8 Å². The topological polar surface area (TPSA) is 50.7 Å². The number of aliphatic hydroxyl groups excluding tert-OH is 1. The van der Waals surface area contributed by atoms with Crippen LogP contribution in [-0.4, -0.2) is 35.6 Å². The molecule has 1 heterocycles. The molecule has 0 aliphatic carbocycles. The average Bonchev–Trinajstić information content (AvgIpc) is 2.71. The van der Waals surface area contributed by atoms with Gasteiger partial charge in [-0.2, -0.15) is 0 Å². The van der Waals surface area contributed by atoms with E-state index in [0.717, 1.165) is 17.6 Å². The van der Waals surface area contributed by atoms with E-state index in [1.165, 1.54) is 5.56 Å². The monoisotopic (exact) mass is 345 g/mol. The molecule has 25 heavy (non-hydrogen) atoms. The third-order valence-electron chi connectivity index (χ3n) is 4.89. The fraction of sp³-hybridized carbons (Fsp3) is 0.600. The van der Waals surface area contributed by atoms with Gasteiger partial charge in [0.15, 0.2) is 0 Å². The van der Waals surface area contributed by atoms with Gasteiger partial charge in [-0.05, 0) is 65.1 Å². The van der Waals surface area contributed by atoms with Crippen LogP contribution in [0.25, 0.3) is 6.08 Å². The van der Waals surface area contributed by atoms with Crippen LogP contribution in [0.4, 0.5) is 0 Å². The number of hydrogen-bond donors (Lipinski definition) is 2. The Morgan fingerprint density at radius 2 is 1.60 bits per heavy atom. The lowest BCUT2D eigenvalue weighted by molar-refractivity contribution is 0.00578. The molecule has 1 aromatic rings. The highest BCUT2D eigenvalue weighted by atomic mass is 16.7. The SMILES string of the molecule is CC(C)(C)NCc1ccc(C=C(CO)B2OC(C)(C)C(C)(C)O2)cc1. The zero-order valence-electron chi connectivity index (χ0n) is 16.6. The summed E-state index contributed by atoms with van der Waals surface area (Å²) < 4.78 is 12.1.